The summed E-state index contributed by atoms with van der Waals surface area (Å²) in [6, 6.07) is 3.85. The fraction of sp³-hybridized carbons (Fsp3) is 0.500. The molecule has 0 saturated carbocycles. The lowest BCUT2D eigenvalue weighted by Crippen LogP contribution is -1.84. The maximum absolute atomic E-state index is 5.74. The monoisotopic (exact) mass is 293 g/mol. The molecule has 0 radical (unpaired) electrons. The summed E-state index contributed by atoms with van der Waals surface area (Å²) in [5.74, 6) is 1.14. The van der Waals surface area contributed by atoms with E-state index in [2.05, 4.69) is 20.9 Å². The van der Waals surface area contributed by atoms with E-state index in [0.717, 1.165) is 16.1 Å². The van der Waals surface area contributed by atoms with E-state index in [1.807, 2.05) is 12.1 Å². The minimum atomic E-state index is 0.702. The van der Waals surface area contributed by atoms with Crippen molar-refractivity contribution in [3.8, 4) is 0 Å². The van der Waals surface area contributed by atoms with Crippen LogP contribution in [0.15, 0.2) is 23.4 Å². The second kappa shape index (κ2) is 7.55. The SMILES string of the molecule is Clc1ccc(SCCCCCBr)nc1. The first kappa shape index (κ1) is 12.3. The Morgan fingerprint density at radius 3 is 2.79 bits per heavy atom. The minimum Gasteiger partial charge on any atom is -0.248 e. The van der Waals surface area contributed by atoms with E-state index in [-0.39, 0.29) is 0 Å². The van der Waals surface area contributed by atoms with Gasteiger partial charge in [-0.1, -0.05) is 34.0 Å². The second-order valence-corrected chi connectivity index (χ2v) is 5.26. The van der Waals surface area contributed by atoms with Crippen LogP contribution in [0.2, 0.25) is 5.02 Å². The lowest BCUT2D eigenvalue weighted by molar-refractivity contribution is 0.788. The third-order valence-electron chi connectivity index (χ3n) is 1.73. The molecule has 0 aliphatic heterocycles. The molecule has 4 heteroatoms. The molecule has 14 heavy (non-hydrogen) atoms. The zero-order valence-corrected chi connectivity index (χ0v) is 11.0. The summed E-state index contributed by atoms with van der Waals surface area (Å²) < 4.78 is 0. The van der Waals surface area contributed by atoms with Crippen molar-refractivity contribution in [3.63, 3.8) is 0 Å². The Morgan fingerprint density at radius 1 is 1.29 bits per heavy atom. The second-order valence-electron chi connectivity index (χ2n) is 2.91. The normalized spacial score (nSPS) is 10.4. The summed E-state index contributed by atoms with van der Waals surface area (Å²) in [6.07, 6.45) is 5.49. The number of unbranched alkanes of at least 4 members (excludes halogenated alkanes) is 2. The number of halogens is 2. The molecule has 0 unspecified atom stereocenters. The molecule has 1 aromatic heterocycles. The Hall–Kier alpha value is 0.270. The largest absolute Gasteiger partial charge is 0.248 e. The van der Waals surface area contributed by atoms with Crippen LogP contribution in [-0.4, -0.2) is 16.1 Å². The summed E-state index contributed by atoms with van der Waals surface area (Å²) in [7, 11) is 0. The summed E-state index contributed by atoms with van der Waals surface area (Å²) in [5, 5.41) is 2.87. The Kier molecular flexibility index (Phi) is 6.65. The van der Waals surface area contributed by atoms with Gasteiger partial charge in [-0.2, -0.15) is 0 Å². The molecule has 1 heterocycles. The van der Waals surface area contributed by atoms with Crippen molar-refractivity contribution in [2.75, 3.05) is 11.1 Å². The average Bonchev–Trinajstić information content (AvgIpc) is 2.21. The van der Waals surface area contributed by atoms with Crippen molar-refractivity contribution in [2.45, 2.75) is 24.3 Å². The van der Waals surface area contributed by atoms with Crippen LogP contribution in [0.1, 0.15) is 19.3 Å². The Labute approximate surface area is 103 Å². The molecule has 0 saturated heterocycles. The molecule has 0 aliphatic rings. The van der Waals surface area contributed by atoms with E-state index in [9.17, 15) is 0 Å². The van der Waals surface area contributed by atoms with Gasteiger partial charge >= 0.3 is 0 Å². The summed E-state index contributed by atoms with van der Waals surface area (Å²) in [6.45, 7) is 0. The van der Waals surface area contributed by atoms with Crippen molar-refractivity contribution in [3.05, 3.63) is 23.4 Å². The molecule has 0 atom stereocenters. The lowest BCUT2D eigenvalue weighted by atomic mass is 10.3. The van der Waals surface area contributed by atoms with E-state index >= 15 is 0 Å². The molecular weight excluding hydrogens is 282 g/mol. The predicted octanol–water partition coefficient (Wildman–Crippen LogP) is 4.39. The van der Waals surface area contributed by atoms with Crippen LogP contribution in [0, 0.1) is 0 Å². The van der Waals surface area contributed by atoms with Crippen LogP contribution in [0.3, 0.4) is 0 Å². The molecule has 0 spiro atoms. The zero-order chi connectivity index (χ0) is 10.2. The van der Waals surface area contributed by atoms with Gasteiger partial charge in [0, 0.05) is 11.5 Å². The highest BCUT2D eigenvalue weighted by Crippen LogP contribution is 2.18. The number of thioether (sulfide) groups is 1. The average molecular weight is 295 g/mol. The molecule has 0 fully saturated rings. The van der Waals surface area contributed by atoms with E-state index in [4.69, 9.17) is 11.6 Å². The smallest absolute Gasteiger partial charge is 0.0960 e. The van der Waals surface area contributed by atoms with E-state index < -0.39 is 0 Å². The third-order valence-corrected chi connectivity index (χ3v) is 3.54. The number of aromatic nitrogens is 1. The Bertz CT molecular complexity index is 253. The van der Waals surface area contributed by atoms with Gasteiger partial charge in [-0.05, 0) is 30.7 Å². The zero-order valence-electron chi connectivity index (χ0n) is 7.88. The summed E-state index contributed by atoms with van der Waals surface area (Å²) >= 11 is 11.0. The van der Waals surface area contributed by atoms with Crippen LogP contribution >= 0.6 is 39.3 Å². The number of alkyl halides is 1. The first-order valence-corrected chi connectivity index (χ1v) is 7.12. The van der Waals surface area contributed by atoms with Gasteiger partial charge in [-0.25, -0.2) is 4.98 Å². The van der Waals surface area contributed by atoms with Crippen LogP contribution < -0.4 is 0 Å². The van der Waals surface area contributed by atoms with Gasteiger partial charge in [0.15, 0.2) is 0 Å². The number of hydrogen-bond acceptors (Lipinski definition) is 2. The molecular formula is C10H13BrClNS. The predicted molar refractivity (Wildman–Crippen MR) is 67.6 cm³/mol. The van der Waals surface area contributed by atoms with Gasteiger partial charge in [0.2, 0.25) is 0 Å². The fourth-order valence-electron chi connectivity index (χ4n) is 0.998. The summed E-state index contributed by atoms with van der Waals surface area (Å²) in [5.41, 5.74) is 0. The highest BCUT2D eigenvalue weighted by Gasteiger charge is 1.95. The van der Waals surface area contributed by atoms with Crippen molar-refractivity contribution in [1.82, 2.24) is 4.98 Å². The molecule has 0 aromatic carbocycles. The van der Waals surface area contributed by atoms with Gasteiger partial charge in [0.25, 0.3) is 0 Å². The van der Waals surface area contributed by atoms with Gasteiger partial charge in [-0.15, -0.1) is 11.8 Å². The van der Waals surface area contributed by atoms with E-state index in [1.54, 1.807) is 18.0 Å². The maximum Gasteiger partial charge on any atom is 0.0960 e. The van der Waals surface area contributed by atoms with Gasteiger partial charge in [0.1, 0.15) is 0 Å². The van der Waals surface area contributed by atoms with Crippen LogP contribution in [-0.2, 0) is 0 Å². The van der Waals surface area contributed by atoms with E-state index in [0.29, 0.717) is 5.02 Å². The number of hydrogen-bond donors (Lipinski definition) is 0. The molecule has 1 aromatic rings. The Balaban J connectivity index is 2.15. The van der Waals surface area contributed by atoms with Crippen LogP contribution in [0.25, 0.3) is 0 Å². The molecule has 0 amide bonds. The molecule has 1 nitrogen and oxygen atoms in total. The van der Waals surface area contributed by atoms with Crippen LogP contribution in [0.4, 0.5) is 0 Å². The highest BCUT2D eigenvalue weighted by molar-refractivity contribution is 9.09. The highest BCUT2D eigenvalue weighted by atomic mass is 79.9. The topological polar surface area (TPSA) is 12.9 Å². The molecule has 1 rings (SSSR count). The first-order valence-electron chi connectivity index (χ1n) is 4.63. The number of rotatable bonds is 6. The maximum atomic E-state index is 5.74. The van der Waals surface area contributed by atoms with Crippen molar-refractivity contribution >= 4 is 39.3 Å². The van der Waals surface area contributed by atoms with Crippen LogP contribution in [0.5, 0.6) is 0 Å². The minimum absolute atomic E-state index is 0.702. The third kappa shape index (κ3) is 5.23. The standard InChI is InChI=1S/C10H13BrClNS/c11-6-2-1-3-7-14-10-5-4-9(12)8-13-10/h4-5,8H,1-3,6-7H2. The molecule has 0 N–H and O–H groups in total. The fourth-order valence-corrected chi connectivity index (χ4v) is 2.36. The quantitative estimate of drug-likeness (QED) is 0.438. The first-order chi connectivity index (χ1) is 6.83. The van der Waals surface area contributed by atoms with Crippen molar-refractivity contribution in [1.29, 1.82) is 0 Å². The number of pyridine rings is 1. The van der Waals surface area contributed by atoms with Crippen molar-refractivity contribution < 1.29 is 0 Å². The van der Waals surface area contributed by atoms with Gasteiger partial charge in [-0.3, -0.25) is 0 Å². The van der Waals surface area contributed by atoms with Crippen molar-refractivity contribution in [2.24, 2.45) is 0 Å². The molecule has 0 bridgehead atoms. The number of nitrogens with zero attached hydrogens (tertiary/aromatic N) is 1. The Morgan fingerprint density at radius 2 is 2.14 bits per heavy atom. The molecule has 0 aliphatic carbocycles. The van der Waals surface area contributed by atoms with Gasteiger partial charge < -0.3 is 0 Å². The molecule has 78 valence electrons. The van der Waals surface area contributed by atoms with E-state index in [1.165, 1.54) is 19.3 Å². The summed E-state index contributed by atoms with van der Waals surface area (Å²) in [4.78, 5) is 4.22. The lowest BCUT2D eigenvalue weighted by Gasteiger charge is -2.00. The van der Waals surface area contributed by atoms with Gasteiger partial charge in [0.05, 0.1) is 10.0 Å².